The number of imidazole rings is 1. The van der Waals surface area contributed by atoms with E-state index in [1.54, 1.807) is 6.20 Å². The van der Waals surface area contributed by atoms with Crippen LogP contribution in [0.5, 0.6) is 5.75 Å². The topological polar surface area (TPSA) is 83.7 Å². The van der Waals surface area contributed by atoms with Crippen molar-refractivity contribution >= 4 is 21.9 Å². The molecule has 4 aromatic rings. The van der Waals surface area contributed by atoms with Crippen molar-refractivity contribution in [2.24, 2.45) is 0 Å². The summed E-state index contributed by atoms with van der Waals surface area (Å²) in [6, 6.07) is 11.5. The molecule has 0 bridgehead atoms. The summed E-state index contributed by atoms with van der Waals surface area (Å²) < 4.78 is 5.79. The van der Waals surface area contributed by atoms with E-state index >= 15 is 0 Å². The second-order valence-corrected chi connectivity index (χ2v) is 5.57. The Morgan fingerprint density at radius 3 is 2.75 bits per heavy atom. The Hall–Kier alpha value is -3.15. The molecule has 0 radical (unpaired) electrons. The van der Waals surface area contributed by atoms with Crippen LogP contribution in [0.4, 0.5) is 0 Å². The first kappa shape index (κ1) is 14.4. The minimum atomic E-state index is -0.230. The molecule has 24 heavy (non-hydrogen) atoms. The van der Waals surface area contributed by atoms with Gasteiger partial charge in [-0.15, -0.1) is 0 Å². The van der Waals surface area contributed by atoms with Gasteiger partial charge in [-0.2, -0.15) is 0 Å². The van der Waals surface area contributed by atoms with E-state index < -0.39 is 0 Å². The maximum Gasteiger partial charge on any atom is 0.323 e. The second kappa shape index (κ2) is 5.81. The molecule has 2 heterocycles. The fourth-order valence-corrected chi connectivity index (χ4v) is 2.68. The highest BCUT2D eigenvalue weighted by Gasteiger charge is 2.10. The zero-order valence-corrected chi connectivity index (χ0v) is 13.2. The van der Waals surface area contributed by atoms with Crippen LogP contribution in [0, 0.1) is 0 Å². The lowest BCUT2D eigenvalue weighted by molar-refractivity contribution is 0.318. The molecule has 0 saturated heterocycles. The van der Waals surface area contributed by atoms with E-state index in [4.69, 9.17) is 4.74 Å². The lowest BCUT2D eigenvalue weighted by Gasteiger charge is -2.10. The van der Waals surface area contributed by atoms with Crippen LogP contribution in [0.1, 0.15) is 13.3 Å². The minimum Gasteiger partial charge on any atom is -0.493 e. The van der Waals surface area contributed by atoms with Gasteiger partial charge in [0.25, 0.3) is 0 Å². The number of rotatable bonds is 4. The molecule has 0 spiro atoms. The van der Waals surface area contributed by atoms with Gasteiger partial charge in [-0.25, -0.2) is 14.8 Å². The first-order chi connectivity index (χ1) is 11.7. The number of fused-ring (bicyclic) bond motifs is 2. The van der Waals surface area contributed by atoms with Crippen molar-refractivity contribution < 1.29 is 4.74 Å². The third kappa shape index (κ3) is 2.52. The van der Waals surface area contributed by atoms with Gasteiger partial charge in [0.15, 0.2) is 5.82 Å². The van der Waals surface area contributed by atoms with Gasteiger partial charge in [0.05, 0.1) is 28.7 Å². The number of hydrogen-bond donors (Lipinski definition) is 2. The molecule has 0 aliphatic rings. The molecule has 6 heteroatoms. The SMILES string of the molecule is CCCOc1ccccc1-c1ncc2cc3[nH]c(=O)[nH]c3cc2n1. The van der Waals surface area contributed by atoms with Gasteiger partial charge in [0.2, 0.25) is 0 Å². The van der Waals surface area contributed by atoms with Crippen LogP contribution in [-0.2, 0) is 0 Å². The first-order valence-corrected chi connectivity index (χ1v) is 7.85. The van der Waals surface area contributed by atoms with Gasteiger partial charge >= 0.3 is 5.69 Å². The number of para-hydroxylation sites is 1. The maximum absolute atomic E-state index is 11.4. The third-order valence-electron chi connectivity index (χ3n) is 3.81. The number of H-pyrrole nitrogens is 2. The van der Waals surface area contributed by atoms with Gasteiger partial charge < -0.3 is 14.7 Å². The van der Waals surface area contributed by atoms with Crippen LogP contribution < -0.4 is 10.4 Å². The highest BCUT2D eigenvalue weighted by molar-refractivity contribution is 5.93. The van der Waals surface area contributed by atoms with E-state index in [9.17, 15) is 4.79 Å². The summed E-state index contributed by atoms with van der Waals surface area (Å²) in [7, 11) is 0. The fraction of sp³-hybridized carbons (Fsp3) is 0.167. The van der Waals surface area contributed by atoms with Gasteiger partial charge in [-0.3, -0.25) is 0 Å². The second-order valence-electron chi connectivity index (χ2n) is 5.57. The zero-order valence-electron chi connectivity index (χ0n) is 13.2. The maximum atomic E-state index is 11.4. The van der Waals surface area contributed by atoms with E-state index in [-0.39, 0.29) is 5.69 Å². The van der Waals surface area contributed by atoms with Crippen molar-refractivity contribution in [3.8, 4) is 17.1 Å². The summed E-state index contributed by atoms with van der Waals surface area (Å²) in [6.07, 6.45) is 2.70. The molecule has 0 aliphatic heterocycles. The standard InChI is InChI=1S/C18H16N4O2/c1-2-7-24-16-6-4-3-5-12(16)17-19-10-11-8-14-15(9-13(11)20-17)22-18(23)21-14/h3-6,8-10H,2,7H2,1H3,(H2,21,22,23). The van der Waals surface area contributed by atoms with E-state index in [2.05, 4.69) is 26.9 Å². The Kier molecular flexibility index (Phi) is 3.49. The highest BCUT2D eigenvalue weighted by atomic mass is 16.5. The van der Waals surface area contributed by atoms with Crippen molar-refractivity contribution in [1.29, 1.82) is 0 Å². The Balaban J connectivity index is 1.85. The molecule has 0 saturated carbocycles. The molecule has 120 valence electrons. The van der Waals surface area contributed by atoms with Crippen LogP contribution in [0.25, 0.3) is 33.3 Å². The largest absolute Gasteiger partial charge is 0.493 e. The van der Waals surface area contributed by atoms with Gasteiger partial charge in [-0.05, 0) is 30.7 Å². The number of nitrogens with one attached hydrogen (secondary N) is 2. The number of hydrogen-bond acceptors (Lipinski definition) is 4. The summed E-state index contributed by atoms with van der Waals surface area (Å²) in [5, 5.41) is 0.869. The van der Waals surface area contributed by atoms with E-state index in [0.717, 1.165) is 39.7 Å². The summed E-state index contributed by atoms with van der Waals surface area (Å²) in [4.78, 5) is 26.0. The van der Waals surface area contributed by atoms with Crippen LogP contribution in [0.3, 0.4) is 0 Å². The van der Waals surface area contributed by atoms with E-state index in [0.29, 0.717) is 12.4 Å². The molecular weight excluding hydrogens is 304 g/mol. The van der Waals surface area contributed by atoms with Crippen LogP contribution >= 0.6 is 0 Å². The summed E-state index contributed by atoms with van der Waals surface area (Å²) in [5.41, 5.74) is 2.87. The Morgan fingerprint density at radius 2 is 1.92 bits per heavy atom. The molecule has 2 N–H and O–H groups in total. The molecule has 0 fully saturated rings. The Labute approximate surface area is 137 Å². The number of aromatic amines is 2. The number of aromatic nitrogens is 4. The molecule has 2 aromatic heterocycles. The first-order valence-electron chi connectivity index (χ1n) is 7.85. The van der Waals surface area contributed by atoms with Crippen LogP contribution in [0.2, 0.25) is 0 Å². The summed E-state index contributed by atoms with van der Waals surface area (Å²) >= 11 is 0. The van der Waals surface area contributed by atoms with Crippen molar-refractivity contribution in [2.75, 3.05) is 6.61 Å². The van der Waals surface area contributed by atoms with Crippen molar-refractivity contribution in [2.45, 2.75) is 13.3 Å². The van der Waals surface area contributed by atoms with Crippen molar-refractivity contribution in [3.05, 3.63) is 53.1 Å². The Morgan fingerprint density at radius 1 is 1.12 bits per heavy atom. The predicted molar refractivity (Wildman–Crippen MR) is 93.2 cm³/mol. The van der Waals surface area contributed by atoms with Gasteiger partial charge in [0.1, 0.15) is 5.75 Å². The highest BCUT2D eigenvalue weighted by Crippen LogP contribution is 2.28. The van der Waals surface area contributed by atoms with Crippen LogP contribution in [-0.4, -0.2) is 26.5 Å². The Bertz CT molecular complexity index is 1080. The lowest BCUT2D eigenvalue weighted by atomic mass is 10.1. The zero-order chi connectivity index (χ0) is 16.5. The molecular formula is C18H16N4O2. The number of ether oxygens (including phenoxy) is 1. The van der Waals surface area contributed by atoms with Crippen molar-refractivity contribution in [1.82, 2.24) is 19.9 Å². The molecule has 4 rings (SSSR count). The lowest BCUT2D eigenvalue weighted by Crippen LogP contribution is -1.99. The molecule has 0 unspecified atom stereocenters. The molecule has 2 aromatic carbocycles. The van der Waals surface area contributed by atoms with E-state index in [1.807, 2.05) is 36.4 Å². The molecule has 6 nitrogen and oxygen atoms in total. The summed E-state index contributed by atoms with van der Waals surface area (Å²) in [5.74, 6) is 1.38. The van der Waals surface area contributed by atoms with Crippen LogP contribution in [0.15, 0.2) is 47.4 Å². The predicted octanol–water partition coefficient (Wildman–Crippen LogP) is 3.26. The molecule has 0 amide bonds. The van der Waals surface area contributed by atoms with Gasteiger partial charge in [-0.1, -0.05) is 19.1 Å². The van der Waals surface area contributed by atoms with Gasteiger partial charge in [0, 0.05) is 11.6 Å². The third-order valence-corrected chi connectivity index (χ3v) is 3.81. The average molecular weight is 320 g/mol. The number of benzene rings is 2. The normalized spacial score (nSPS) is 11.2. The van der Waals surface area contributed by atoms with Crippen molar-refractivity contribution in [3.63, 3.8) is 0 Å². The minimum absolute atomic E-state index is 0.230. The monoisotopic (exact) mass is 320 g/mol. The number of nitrogens with zero attached hydrogens (tertiary/aromatic N) is 2. The smallest absolute Gasteiger partial charge is 0.323 e. The average Bonchev–Trinajstić information content (AvgIpc) is 2.96. The molecule has 0 aliphatic carbocycles. The summed E-state index contributed by atoms with van der Waals surface area (Å²) in [6.45, 7) is 2.72. The quantitative estimate of drug-likeness (QED) is 0.604. The molecule has 0 atom stereocenters. The van der Waals surface area contributed by atoms with E-state index in [1.165, 1.54) is 0 Å². The fourth-order valence-electron chi connectivity index (χ4n) is 2.68.